The molecule has 162 valence electrons. The third-order valence-corrected chi connectivity index (χ3v) is 5.95. The monoisotopic (exact) mass is 424 g/mol. The average molecular weight is 425 g/mol. The summed E-state index contributed by atoms with van der Waals surface area (Å²) in [4.78, 5) is 6.16. The van der Waals surface area contributed by atoms with Gasteiger partial charge in [-0.15, -0.1) is 0 Å². The number of likely N-dealkylation sites (N-methyl/N-ethyl adjacent to an activating group) is 1. The van der Waals surface area contributed by atoms with Gasteiger partial charge in [-0.05, 0) is 75.8 Å². The molecule has 0 fully saturated rings. The van der Waals surface area contributed by atoms with Crippen molar-refractivity contribution < 1.29 is 0 Å². The van der Waals surface area contributed by atoms with Gasteiger partial charge >= 0.3 is 0 Å². The average Bonchev–Trinajstić information content (AvgIpc) is 2.70. The van der Waals surface area contributed by atoms with Crippen LogP contribution in [0.1, 0.15) is 30.0 Å². The van der Waals surface area contributed by atoms with Crippen LogP contribution in [0, 0.1) is 19.8 Å². The number of nitrogens with one attached hydrogen (secondary N) is 2. The van der Waals surface area contributed by atoms with E-state index in [0.717, 1.165) is 41.7 Å². The van der Waals surface area contributed by atoms with Gasteiger partial charge in [0.15, 0.2) is 0 Å². The van der Waals surface area contributed by atoms with Gasteiger partial charge in [0.1, 0.15) is 0 Å². The van der Waals surface area contributed by atoms with E-state index in [1.807, 2.05) is 0 Å². The highest BCUT2D eigenvalue weighted by molar-refractivity contribution is 8.03. The molecule has 1 aliphatic rings. The molecular weight excluding hydrogens is 388 g/mol. The van der Waals surface area contributed by atoms with Gasteiger partial charge in [-0.1, -0.05) is 49.6 Å². The molecule has 1 aromatic rings. The largest absolute Gasteiger partial charge is 0.379 e. The second-order valence-electron chi connectivity index (χ2n) is 7.96. The number of hydrogen-bond donors (Lipinski definition) is 2. The molecule has 1 unspecified atom stereocenters. The van der Waals surface area contributed by atoms with Crippen molar-refractivity contribution in [1.29, 1.82) is 0 Å². The normalized spacial score (nSPS) is 16.4. The summed E-state index contributed by atoms with van der Waals surface area (Å²) in [6.45, 7) is 15.3. The third kappa shape index (κ3) is 7.22. The number of hydrogen-bond acceptors (Lipinski definition) is 5. The molecule has 1 aromatic carbocycles. The fourth-order valence-electron chi connectivity index (χ4n) is 3.51. The lowest BCUT2D eigenvalue weighted by Crippen LogP contribution is -2.21. The Balaban J connectivity index is 1.94. The molecule has 0 spiro atoms. The van der Waals surface area contributed by atoms with Crippen LogP contribution >= 0.6 is 11.8 Å². The van der Waals surface area contributed by atoms with Crippen molar-refractivity contribution >= 4 is 24.2 Å². The Morgan fingerprint density at radius 2 is 2.07 bits per heavy atom. The Morgan fingerprint density at radius 1 is 1.30 bits per heavy atom. The first kappa shape index (κ1) is 24.0. The topological polar surface area (TPSA) is 39.7 Å². The zero-order valence-corrected chi connectivity index (χ0v) is 19.9. The van der Waals surface area contributed by atoms with E-state index in [1.54, 1.807) is 18.0 Å². The van der Waals surface area contributed by atoms with Crippen molar-refractivity contribution in [2.24, 2.45) is 10.9 Å². The molecule has 0 saturated heterocycles. The zero-order chi connectivity index (χ0) is 22.1. The van der Waals surface area contributed by atoms with Crippen molar-refractivity contribution in [3.8, 4) is 0 Å². The van der Waals surface area contributed by atoms with Gasteiger partial charge in [-0.3, -0.25) is 4.99 Å². The van der Waals surface area contributed by atoms with Crippen LogP contribution in [0.3, 0.4) is 0 Å². The maximum atomic E-state index is 4.27. The van der Waals surface area contributed by atoms with Crippen LogP contribution in [0.4, 0.5) is 5.69 Å². The van der Waals surface area contributed by atoms with Gasteiger partial charge < -0.3 is 15.5 Å². The van der Waals surface area contributed by atoms with Crippen molar-refractivity contribution in [2.45, 2.75) is 33.6 Å². The molecule has 0 bridgehead atoms. The second-order valence-corrected chi connectivity index (χ2v) is 8.98. The summed E-state index contributed by atoms with van der Waals surface area (Å²) in [5.41, 5.74) is 7.43. The minimum Gasteiger partial charge on any atom is -0.379 e. The molecule has 0 heterocycles. The first-order valence-electron chi connectivity index (χ1n) is 10.4. The summed E-state index contributed by atoms with van der Waals surface area (Å²) in [6.07, 6.45) is 10.6. The maximum Gasteiger partial charge on any atom is 0.0929 e. The molecule has 2 rings (SSSR count). The van der Waals surface area contributed by atoms with Gasteiger partial charge in [-0.2, -0.15) is 0 Å². The molecule has 0 aromatic heterocycles. The number of aryl methyl sites for hydroxylation is 3. The quantitative estimate of drug-likeness (QED) is 0.356. The number of nitrogens with zero attached hydrogens (tertiary/aromatic N) is 2. The molecule has 1 atom stereocenters. The number of anilines is 1. The van der Waals surface area contributed by atoms with Gasteiger partial charge in [0.2, 0.25) is 0 Å². The van der Waals surface area contributed by atoms with Gasteiger partial charge in [0.05, 0.1) is 17.1 Å². The first-order valence-corrected chi connectivity index (χ1v) is 11.4. The van der Waals surface area contributed by atoms with Crippen LogP contribution in [-0.2, 0) is 6.42 Å². The van der Waals surface area contributed by atoms with E-state index in [-0.39, 0.29) is 0 Å². The minimum atomic E-state index is 0.329. The number of benzene rings is 1. The standard InChI is InChI=1S/C25H36N4S/c1-8-22-12-19(3)24(13-18(22)2)28-25(15-26-5)30-17-27-20(4)23-11-9-10-21(14-23)16-29(6)7/h9-10,12-15,23,27-28H,4-5,8,11,16-17H2,1-3,6-7H3/b25-15-. The van der Waals surface area contributed by atoms with E-state index in [4.69, 9.17) is 0 Å². The van der Waals surface area contributed by atoms with Crippen LogP contribution in [0.2, 0.25) is 0 Å². The van der Waals surface area contributed by atoms with Gasteiger partial charge in [-0.25, -0.2) is 0 Å². The van der Waals surface area contributed by atoms with Crippen LogP contribution in [-0.4, -0.2) is 38.1 Å². The molecule has 0 aliphatic heterocycles. The number of aliphatic imine (C=N–C) groups is 1. The van der Waals surface area contributed by atoms with E-state index in [2.05, 4.69) is 99.0 Å². The number of thioether (sulfide) groups is 1. The lowest BCUT2D eigenvalue weighted by molar-refractivity contribution is 0.446. The lowest BCUT2D eigenvalue weighted by atomic mass is 9.93. The van der Waals surface area contributed by atoms with E-state index in [9.17, 15) is 0 Å². The lowest BCUT2D eigenvalue weighted by Gasteiger charge is -2.22. The molecule has 5 heteroatoms. The summed E-state index contributed by atoms with van der Waals surface area (Å²) >= 11 is 1.67. The molecule has 1 aliphatic carbocycles. The minimum absolute atomic E-state index is 0.329. The molecule has 30 heavy (non-hydrogen) atoms. The smallest absolute Gasteiger partial charge is 0.0929 e. The summed E-state index contributed by atoms with van der Waals surface area (Å²) in [6, 6.07) is 4.47. The van der Waals surface area contributed by atoms with E-state index >= 15 is 0 Å². The Bertz CT molecular complexity index is 849. The van der Waals surface area contributed by atoms with Crippen LogP contribution in [0.5, 0.6) is 0 Å². The highest BCUT2D eigenvalue weighted by Gasteiger charge is 2.13. The van der Waals surface area contributed by atoms with Gasteiger partial charge in [0.25, 0.3) is 0 Å². The van der Waals surface area contributed by atoms with Crippen molar-refractivity contribution in [3.05, 3.63) is 76.1 Å². The molecule has 0 saturated carbocycles. The second kappa shape index (κ2) is 11.8. The van der Waals surface area contributed by atoms with Crippen molar-refractivity contribution in [2.75, 3.05) is 31.8 Å². The highest BCUT2D eigenvalue weighted by Crippen LogP contribution is 2.27. The van der Waals surface area contributed by atoms with Crippen LogP contribution < -0.4 is 10.6 Å². The predicted molar refractivity (Wildman–Crippen MR) is 135 cm³/mol. The third-order valence-electron chi connectivity index (χ3n) is 5.14. The maximum absolute atomic E-state index is 4.27. The van der Waals surface area contributed by atoms with Crippen LogP contribution in [0.25, 0.3) is 0 Å². The zero-order valence-electron chi connectivity index (χ0n) is 19.1. The molecule has 4 nitrogen and oxygen atoms in total. The van der Waals surface area contributed by atoms with E-state index in [0.29, 0.717) is 5.92 Å². The SMILES string of the molecule is C=N/C=C(/Nc1cc(C)c(CC)cc1C)SCNC(=C)C1C=C(CN(C)C)C=CC1. The van der Waals surface area contributed by atoms with E-state index < -0.39 is 0 Å². The predicted octanol–water partition coefficient (Wildman–Crippen LogP) is 5.64. The Hall–Kier alpha value is -2.24. The molecular formula is C25H36N4S. The summed E-state index contributed by atoms with van der Waals surface area (Å²) in [5.74, 6) is 1.05. The number of rotatable bonds is 11. The molecule has 0 amide bonds. The summed E-state index contributed by atoms with van der Waals surface area (Å²) in [5, 5.41) is 7.96. The first-order chi connectivity index (χ1) is 14.3. The number of allylic oxidation sites excluding steroid dienone is 2. The van der Waals surface area contributed by atoms with Gasteiger partial charge in [0, 0.05) is 23.8 Å². The van der Waals surface area contributed by atoms with Crippen LogP contribution in [0.15, 0.2) is 64.4 Å². The summed E-state index contributed by atoms with van der Waals surface area (Å²) in [7, 11) is 4.19. The fourth-order valence-corrected chi connectivity index (χ4v) is 4.26. The highest BCUT2D eigenvalue weighted by atomic mass is 32.2. The Kier molecular flexibility index (Phi) is 9.47. The summed E-state index contributed by atoms with van der Waals surface area (Å²) < 4.78 is 0. The van der Waals surface area contributed by atoms with E-state index in [1.165, 1.54) is 22.3 Å². The Morgan fingerprint density at radius 3 is 2.73 bits per heavy atom. The van der Waals surface area contributed by atoms with Crippen molar-refractivity contribution in [1.82, 2.24) is 10.2 Å². The fraction of sp³-hybridized carbons (Fsp3) is 0.400. The Labute approximate surface area is 186 Å². The molecule has 2 N–H and O–H groups in total. The molecule has 0 radical (unpaired) electrons. The van der Waals surface area contributed by atoms with Crippen molar-refractivity contribution in [3.63, 3.8) is 0 Å².